The minimum atomic E-state index is 0.544. The molecule has 0 unspecified atom stereocenters. The molecule has 0 aliphatic carbocycles. The van der Waals surface area contributed by atoms with Crippen molar-refractivity contribution in [3.8, 4) is 0 Å². The first kappa shape index (κ1) is 8.46. The lowest BCUT2D eigenvalue weighted by Crippen LogP contribution is -2.16. The van der Waals surface area contributed by atoms with Crippen LogP contribution in [-0.4, -0.2) is 15.4 Å². The van der Waals surface area contributed by atoms with Crippen LogP contribution in [0.4, 0.5) is 5.13 Å². The highest BCUT2D eigenvalue weighted by atomic mass is 32.1. The second-order valence-corrected chi connectivity index (χ2v) is 3.18. The second kappa shape index (κ2) is 4.28. The maximum absolute atomic E-state index is 4.05. The van der Waals surface area contributed by atoms with Crippen molar-refractivity contribution < 1.29 is 0 Å². The van der Waals surface area contributed by atoms with Gasteiger partial charge in [0.25, 0.3) is 0 Å². The van der Waals surface area contributed by atoms with Crippen molar-refractivity contribution in [2.24, 2.45) is 0 Å². The first-order valence-electron chi connectivity index (χ1n) is 3.90. The zero-order valence-electron chi connectivity index (χ0n) is 6.87. The largest absolute Gasteiger partial charge is 0.358 e. The van der Waals surface area contributed by atoms with Crippen LogP contribution in [0.1, 0.15) is 26.7 Å². The molecule has 0 aliphatic heterocycles. The lowest BCUT2D eigenvalue weighted by molar-refractivity contribution is 0.671. The van der Waals surface area contributed by atoms with Gasteiger partial charge in [0.2, 0.25) is 5.13 Å². The molecular weight excluding hydrogens is 158 g/mol. The smallest absolute Gasteiger partial charge is 0.202 e. The molecule has 0 saturated heterocycles. The molecule has 1 rings (SSSR count). The number of hydrogen-bond acceptors (Lipinski definition) is 4. The number of hydrogen-bond donors (Lipinski definition) is 1. The first-order valence-corrected chi connectivity index (χ1v) is 4.67. The number of nitrogens with one attached hydrogen (secondary N) is 1. The Hall–Kier alpha value is -0.640. The van der Waals surface area contributed by atoms with Crippen LogP contribution >= 0.6 is 11.5 Å². The van der Waals surface area contributed by atoms with Gasteiger partial charge in [0.05, 0.1) is 0 Å². The van der Waals surface area contributed by atoms with E-state index in [-0.39, 0.29) is 0 Å². The van der Waals surface area contributed by atoms with Gasteiger partial charge in [-0.2, -0.15) is 4.37 Å². The van der Waals surface area contributed by atoms with E-state index in [1.165, 1.54) is 11.5 Å². The van der Waals surface area contributed by atoms with Crippen LogP contribution in [0, 0.1) is 0 Å². The van der Waals surface area contributed by atoms with Crippen molar-refractivity contribution >= 4 is 16.7 Å². The Balaban J connectivity index is 2.41. The summed E-state index contributed by atoms with van der Waals surface area (Å²) in [5.74, 6) is 0. The molecule has 0 spiro atoms. The van der Waals surface area contributed by atoms with Crippen molar-refractivity contribution in [2.45, 2.75) is 32.7 Å². The van der Waals surface area contributed by atoms with Crippen LogP contribution in [0.2, 0.25) is 0 Å². The third kappa shape index (κ3) is 2.46. The van der Waals surface area contributed by atoms with Gasteiger partial charge in [0.15, 0.2) is 0 Å². The Morgan fingerprint density at radius 1 is 1.55 bits per heavy atom. The number of anilines is 1. The third-order valence-corrected chi connectivity index (χ3v) is 2.27. The predicted octanol–water partition coefficient (Wildman–Crippen LogP) is 2.14. The van der Waals surface area contributed by atoms with Crippen LogP contribution < -0.4 is 5.32 Å². The monoisotopic (exact) mass is 171 g/mol. The molecule has 1 N–H and O–H groups in total. The molecule has 0 fully saturated rings. The molecule has 0 atom stereocenters. The molecule has 1 heterocycles. The molecule has 0 aliphatic rings. The van der Waals surface area contributed by atoms with Gasteiger partial charge in [-0.3, -0.25) is 0 Å². The summed E-state index contributed by atoms with van der Waals surface area (Å²) in [4.78, 5) is 4.05. The molecule has 1 aromatic heterocycles. The van der Waals surface area contributed by atoms with Crippen LogP contribution in [0.5, 0.6) is 0 Å². The SMILES string of the molecule is CCC(CC)Nc1ncns1. The Labute approximate surface area is 71.0 Å². The van der Waals surface area contributed by atoms with E-state index >= 15 is 0 Å². The quantitative estimate of drug-likeness (QED) is 0.754. The van der Waals surface area contributed by atoms with E-state index in [1.807, 2.05) is 0 Å². The van der Waals surface area contributed by atoms with Gasteiger partial charge >= 0.3 is 0 Å². The Kier molecular flexibility index (Phi) is 3.29. The maximum atomic E-state index is 4.05. The number of nitrogens with zero attached hydrogens (tertiary/aromatic N) is 2. The number of rotatable bonds is 4. The molecule has 1 aromatic rings. The predicted molar refractivity (Wildman–Crippen MR) is 47.9 cm³/mol. The third-order valence-electron chi connectivity index (χ3n) is 1.67. The maximum Gasteiger partial charge on any atom is 0.202 e. The Bertz CT molecular complexity index is 182. The normalized spacial score (nSPS) is 10.5. The fraction of sp³-hybridized carbons (Fsp3) is 0.714. The van der Waals surface area contributed by atoms with Crippen molar-refractivity contribution in [1.82, 2.24) is 9.36 Å². The lowest BCUT2D eigenvalue weighted by atomic mass is 10.2. The van der Waals surface area contributed by atoms with Gasteiger partial charge < -0.3 is 5.32 Å². The Morgan fingerprint density at radius 3 is 2.73 bits per heavy atom. The van der Waals surface area contributed by atoms with Crippen LogP contribution in [0.15, 0.2) is 6.33 Å². The second-order valence-electron chi connectivity index (χ2n) is 2.40. The summed E-state index contributed by atoms with van der Waals surface area (Å²) in [5.41, 5.74) is 0. The molecule has 3 nitrogen and oxygen atoms in total. The van der Waals surface area contributed by atoms with E-state index in [1.54, 1.807) is 6.33 Å². The molecule has 0 radical (unpaired) electrons. The molecule has 0 amide bonds. The summed E-state index contributed by atoms with van der Waals surface area (Å²) >= 11 is 1.41. The summed E-state index contributed by atoms with van der Waals surface area (Å²) in [5, 5.41) is 4.23. The van der Waals surface area contributed by atoms with Gasteiger partial charge in [0, 0.05) is 17.6 Å². The van der Waals surface area contributed by atoms with Gasteiger partial charge in [0.1, 0.15) is 6.33 Å². The fourth-order valence-electron chi connectivity index (χ4n) is 0.904. The minimum Gasteiger partial charge on any atom is -0.358 e. The zero-order valence-corrected chi connectivity index (χ0v) is 7.69. The van der Waals surface area contributed by atoms with E-state index in [0.29, 0.717) is 6.04 Å². The zero-order chi connectivity index (χ0) is 8.10. The summed E-state index contributed by atoms with van der Waals surface area (Å²) in [6, 6.07) is 0.544. The molecular formula is C7H13N3S. The molecule has 0 saturated carbocycles. The molecule has 62 valence electrons. The van der Waals surface area contributed by atoms with E-state index in [9.17, 15) is 0 Å². The van der Waals surface area contributed by atoms with Crippen molar-refractivity contribution in [3.05, 3.63) is 6.33 Å². The van der Waals surface area contributed by atoms with Crippen molar-refractivity contribution in [3.63, 3.8) is 0 Å². The topological polar surface area (TPSA) is 37.8 Å². The summed E-state index contributed by atoms with van der Waals surface area (Å²) < 4.78 is 3.91. The minimum absolute atomic E-state index is 0.544. The van der Waals surface area contributed by atoms with Crippen LogP contribution in [-0.2, 0) is 0 Å². The lowest BCUT2D eigenvalue weighted by Gasteiger charge is -2.12. The molecule has 0 bridgehead atoms. The van der Waals surface area contributed by atoms with E-state index < -0.39 is 0 Å². The van der Waals surface area contributed by atoms with Crippen LogP contribution in [0.25, 0.3) is 0 Å². The average molecular weight is 171 g/mol. The van der Waals surface area contributed by atoms with E-state index in [0.717, 1.165) is 18.0 Å². The first-order chi connectivity index (χ1) is 5.36. The highest BCUT2D eigenvalue weighted by Gasteiger charge is 2.03. The van der Waals surface area contributed by atoms with Crippen molar-refractivity contribution in [1.29, 1.82) is 0 Å². The summed E-state index contributed by atoms with van der Waals surface area (Å²) in [7, 11) is 0. The fourth-order valence-corrected chi connectivity index (χ4v) is 1.41. The van der Waals surface area contributed by atoms with Crippen LogP contribution in [0.3, 0.4) is 0 Å². The number of aromatic nitrogens is 2. The van der Waals surface area contributed by atoms with E-state index in [2.05, 4.69) is 28.5 Å². The highest BCUT2D eigenvalue weighted by Crippen LogP contribution is 2.11. The van der Waals surface area contributed by atoms with E-state index in [4.69, 9.17) is 0 Å². The Morgan fingerprint density at radius 2 is 2.27 bits per heavy atom. The molecule has 11 heavy (non-hydrogen) atoms. The average Bonchev–Trinajstić information content (AvgIpc) is 2.52. The molecule has 0 aromatic carbocycles. The standard InChI is InChI=1S/C7H13N3S/c1-3-6(4-2)10-7-8-5-9-11-7/h5-6H,3-4H2,1-2H3,(H,8,9,10). The van der Waals surface area contributed by atoms with Crippen molar-refractivity contribution in [2.75, 3.05) is 5.32 Å². The van der Waals surface area contributed by atoms with Gasteiger partial charge in [-0.1, -0.05) is 13.8 Å². The highest BCUT2D eigenvalue weighted by molar-refractivity contribution is 7.09. The molecule has 4 heteroatoms. The van der Waals surface area contributed by atoms with Gasteiger partial charge in [-0.25, -0.2) is 4.98 Å². The van der Waals surface area contributed by atoms with Gasteiger partial charge in [-0.15, -0.1) is 0 Å². The van der Waals surface area contributed by atoms with Gasteiger partial charge in [-0.05, 0) is 12.8 Å². The summed E-state index contributed by atoms with van der Waals surface area (Å²) in [6.07, 6.45) is 3.85. The summed E-state index contributed by atoms with van der Waals surface area (Å²) in [6.45, 7) is 4.34.